The highest BCUT2D eigenvalue weighted by molar-refractivity contribution is 8.01. The van der Waals surface area contributed by atoms with Crippen molar-refractivity contribution in [1.82, 2.24) is 10.2 Å². The zero-order valence-electron chi connectivity index (χ0n) is 13.9. The first kappa shape index (κ1) is 17.0. The molecule has 2 heterocycles. The maximum absolute atomic E-state index is 12.4. The Bertz CT molecular complexity index is 622. The minimum atomic E-state index is -0.365. The summed E-state index contributed by atoms with van der Waals surface area (Å²) in [6.07, 6.45) is 1.36. The summed E-state index contributed by atoms with van der Waals surface area (Å²) in [5.41, 5.74) is 0. The van der Waals surface area contributed by atoms with Gasteiger partial charge in [0.25, 0.3) is 0 Å². The highest BCUT2D eigenvalue weighted by Gasteiger charge is 2.52. The lowest BCUT2D eigenvalue weighted by Crippen LogP contribution is -2.50. The number of fused-ring (bicyclic) bond motifs is 1. The van der Waals surface area contributed by atoms with Crippen molar-refractivity contribution in [3.8, 4) is 11.5 Å². The van der Waals surface area contributed by atoms with Crippen molar-refractivity contribution < 1.29 is 19.1 Å². The van der Waals surface area contributed by atoms with Gasteiger partial charge in [-0.3, -0.25) is 9.59 Å². The summed E-state index contributed by atoms with van der Waals surface area (Å²) in [6.45, 7) is 2.83. The average molecular weight is 350 g/mol. The van der Waals surface area contributed by atoms with E-state index in [4.69, 9.17) is 9.47 Å². The van der Waals surface area contributed by atoms with Crippen LogP contribution in [0.15, 0.2) is 24.3 Å². The van der Waals surface area contributed by atoms with Crippen molar-refractivity contribution in [3.63, 3.8) is 0 Å². The van der Waals surface area contributed by atoms with Crippen molar-refractivity contribution in [2.45, 2.75) is 30.7 Å². The molecule has 2 amide bonds. The van der Waals surface area contributed by atoms with E-state index in [9.17, 15) is 9.59 Å². The van der Waals surface area contributed by atoms with Crippen LogP contribution in [0.1, 0.15) is 19.8 Å². The Hall–Kier alpha value is -1.89. The third-order valence-corrected chi connectivity index (χ3v) is 5.98. The quantitative estimate of drug-likeness (QED) is 0.790. The predicted molar refractivity (Wildman–Crippen MR) is 92.2 cm³/mol. The molecule has 2 fully saturated rings. The third kappa shape index (κ3) is 3.31. The number of carbonyl (C=O) groups is 2. The van der Waals surface area contributed by atoms with Crippen LogP contribution >= 0.6 is 11.8 Å². The molecule has 3 rings (SSSR count). The van der Waals surface area contributed by atoms with Crippen molar-refractivity contribution in [2.24, 2.45) is 0 Å². The summed E-state index contributed by atoms with van der Waals surface area (Å²) < 4.78 is 10.7. The molecular weight excluding hydrogens is 328 g/mol. The lowest BCUT2D eigenvalue weighted by molar-refractivity contribution is -0.137. The van der Waals surface area contributed by atoms with Gasteiger partial charge in [-0.2, -0.15) is 0 Å². The number of nitrogens with one attached hydrogen (secondary N) is 1. The van der Waals surface area contributed by atoms with Crippen molar-refractivity contribution in [2.75, 3.05) is 26.0 Å². The van der Waals surface area contributed by atoms with Gasteiger partial charge in [0, 0.05) is 12.2 Å². The Balaban J connectivity index is 1.45. The second kappa shape index (κ2) is 6.93. The van der Waals surface area contributed by atoms with E-state index in [2.05, 4.69) is 5.32 Å². The minimum absolute atomic E-state index is 0.0807. The van der Waals surface area contributed by atoms with Crippen LogP contribution in [-0.2, 0) is 9.59 Å². The second-order valence-electron chi connectivity index (χ2n) is 6.08. The molecule has 2 saturated heterocycles. The molecule has 0 saturated carbocycles. The van der Waals surface area contributed by atoms with Gasteiger partial charge in [0.15, 0.2) is 0 Å². The molecule has 24 heavy (non-hydrogen) atoms. The van der Waals surface area contributed by atoms with Gasteiger partial charge in [-0.05, 0) is 37.6 Å². The number of hydrogen-bond acceptors (Lipinski definition) is 5. The van der Waals surface area contributed by atoms with Gasteiger partial charge in [-0.15, -0.1) is 11.8 Å². The van der Waals surface area contributed by atoms with Gasteiger partial charge in [0.1, 0.15) is 24.1 Å². The predicted octanol–water partition coefficient (Wildman–Crippen LogP) is 1.64. The van der Waals surface area contributed by atoms with Crippen molar-refractivity contribution in [3.05, 3.63) is 24.3 Å². The molecule has 1 N–H and O–H groups in total. The summed E-state index contributed by atoms with van der Waals surface area (Å²) in [6, 6.07) is 6.93. The van der Waals surface area contributed by atoms with Crippen LogP contribution in [0.3, 0.4) is 0 Å². The fourth-order valence-corrected chi connectivity index (χ4v) is 4.58. The third-order valence-electron chi connectivity index (χ3n) is 4.48. The number of hydrogen-bond donors (Lipinski definition) is 1. The number of carbonyl (C=O) groups excluding carboxylic acids is 2. The van der Waals surface area contributed by atoms with Crippen LogP contribution in [-0.4, -0.2) is 53.6 Å². The molecular formula is C17H22N2O4S. The molecule has 1 aromatic carbocycles. The summed E-state index contributed by atoms with van der Waals surface area (Å²) in [5, 5.41) is 2.87. The molecule has 2 aliphatic heterocycles. The standard InChI is InChI=1S/C17H22N2O4S/c1-17-8-7-15(20)19(17)14(11-24-17)16(21)18-9-10-23-13-5-3-12(22-2)4-6-13/h3-6,14H,7-11H2,1-2H3,(H,18,21)/t14-,17+/m1/s1. The molecule has 1 aromatic rings. The molecule has 0 aromatic heterocycles. The zero-order chi connectivity index (χ0) is 17.2. The van der Waals surface area contributed by atoms with E-state index < -0.39 is 0 Å². The Labute approximate surface area is 145 Å². The normalized spacial score (nSPS) is 25.5. The monoisotopic (exact) mass is 350 g/mol. The lowest BCUT2D eigenvalue weighted by Gasteiger charge is -2.29. The zero-order valence-corrected chi connectivity index (χ0v) is 14.7. The number of benzene rings is 1. The number of nitrogens with zero attached hydrogens (tertiary/aromatic N) is 1. The van der Waals surface area contributed by atoms with E-state index in [0.717, 1.165) is 17.9 Å². The van der Waals surface area contributed by atoms with E-state index in [0.29, 0.717) is 25.3 Å². The van der Waals surface area contributed by atoms with Crippen molar-refractivity contribution in [1.29, 1.82) is 0 Å². The van der Waals surface area contributed by atoms with Gasteiger partial charge in [0.2, 0.25) is 11.8 Å². The van der Waals surface area contributed by atoms with Gasteiger partial charge in [-0.25, -0.2) is 0 Å². The number of methoxy groups -OCH3 is 1. The Morgan fingerprint density at radius 2 is 2.08 bits per heavy atom. The minimum Gasteiger partial charge on any atom is -0.497 e. The first-order chi connectivity index (χ1) is 11.5. The van der Waals surface area contributed by atoms with E-state index in [1.807, 2.05) is 31.2 Å². The second-order valence-corrected chi connectivity index (χ2v) is 7.58. The van der Waals surface area contributed by atoms with E-state index in [1.165, 1.54) is 0 Å². The lowest BCUT2D eigenvalue weighted by atomic mass is 10.2. The molecule has 6 nitrogen and oxygen atoms in total. The van der Waals surface area contributed by atoms with Gasteiger partial charge in [0.05, 0.1) is 18.5 Å². The van der Waals surface area contributed by atoms with Crippen LogP contribution in [0, 0.1) is 0 Å². The summed E-state index contributed by atoms with van der Waals surface area (Å²) in [4.78, 5) is 26.0. The summed E-state index contributed by atoms with van der Waals surface area (Å²) in [7, 11) is 1.61. The molecule has 130 valence electrons. The SMILES string of the molecule is COc1ccc(OCCNC(=O)[C@H]2CS[C@@]3(C)CCC(=O)N23)cc1. The fraction of sp³-hybridized carbons (Fsp3) is 0.529. The maximum atomic E-state index is 12.4. The van der Waals surface area contributed by atoms with Gasteiger partial charge < -0.3 is 19.7 Å². The Kier molecular flexibility index (Phi) is 4.89. The number of amides is 2. The molecule has 2 aliphatic rings. The van der Waals surface area contributed by atoms with Crippen molar-refractivity contribution >= 4 is 23.6 Å². The first-order valence-electron chi connectivity index (χ1n) is 8.04. The summed E-state index contributed by atoms with van der Waals surface area (Å²) in [5.74, 6) is 2.14. The average Bonchev–Trinajstić information content (AvgIpc) is 3.08. The number of rotatable bonds is 6. The molecule has 7 heteroatoms. The number of thioether (sulfide) groups is 1. The first-order valence-corrected chi connectivity index (χ1v) is 9.03. The molecule has 2 atom stereocenters. The Morgan fingerprint density at radius 1 is 1.38 bits per heavy atom. The summed E-state index contributed by atoms with van der Waals surface area (Å²) >= 11 is 1.70. The van der Waals surface area contributed by atoms with Gasteiger partial charge in [-0.1, -0.05) is 0 Å². The molecule has 0 spiro atoms. The van der Waals surface area contributed by atoms with E-state index in [1.54, 1.807) is 23.8 Å². The van der Waals surface area contributed by atoms with E-state index in [-0.39, 0.29) is 22.7 Å². The molecule has 0 unspecified atom stereocenters. The van der Waals surface area contributed by atoms with Crippen LogP contribution in [0.2, 0.25) is 0 Å². The molecule has 0 aliphatic carbocycles. The maximum Gasteiger partial charge on any atom is 0.243 e. The molecule has 0 bridgehead atoms. The fourth-order valence-electron chi connectivity index (χ4n) is 3.15. The highest BCUT2D eigenvalue weighted by atomic mass is 32.2. The van der Waals surface area contributed by atoms with Crippen LogP contribution < -0.4 is 14.8 Å². The van der Waals surface area contributed by atoms with Gasteiger partial charge >= 0.3 is 0 Å². The van der Waals surface area contributed by atoms with Crippen LogP contribution in [0.5, 0.6) is 11.5 Å². The number of ether oxygens (including phenoxy) is 2. The largest absolute Gasteiger partial charge is 0.497 e. The van der Waals surface area contributed by atoms with E-state index >= 15 is 0 Å². The molecule has 0 radical (unpaired) electrons. The van der Waals surface area contributed by atoms with Crippen LogP contribution in [0.4, 0.5) is 0 Å². The Morgan fingerprint density at radius 3 is 2.79 bits per heavy atom. The highest BCUT2D eigenvalue weighted by Crippen LogP contribution is 2.47. The topological polar surface area (TPSA) is 67.9 Å². The van der Waals surface area contributed by atoms with Crippen LogP contribution in [0.25, 0.3) is 0 Å². The smallest absolute Gasteiger partial charge is 0.243 e.